The summed E-state index contributed by atoms with van der Waals surface area (Å²) in [5.41, 5.74) is -0.650. The summed E-state index contributed by atoms with van der Waals surface area (Å²) in [6, 6.07) is 0. The molecule has 82 valence electrons. The standard InChI is InChI=1S/C11H21NO2/c1-8(9-4-5-9)6-12-7-11(2,3)10(13)14/h8-9,12H,4-7H2,1-3H3,(H,13,14). The molecule has 0 spiro atoms. The van der Waals surface area contributed by atoms with Gasteiger partial charge in [-0.3, -0.25) is 4.79 Å². The Morgan fingerprint density at radius 2 is 2.14 bits per heavy atom. The lowest BCUT2D eigenvalue weighted by molar-refractivity contribution is -0.146. The Morgan fingerprint density at radius 1 is 1.57 bits per heavy atom. The largest absolute Gasteiger partial charge is 0.481 e. The molecular formula is C11H21NO2. The van der Waals surface area contributed by atoms with Gasteiger partial charge < -0.3 is 10.4 Å². The molecule has 0 amide bonds. The molecule has 3 nitrogen and oxygen atoms in total. The van der Waals surface area contributed by atoms with E-state index in [1.807, 2.05) is 0 Å². The molecule has 1 unspecified atom stereocenters. The van der Waals surface area contributed by atoms with Crippen LogP contribution in [0.3, 0.4) is 0 Å². The summed E-state index contributed by atoms with van der Waals surface area (Å²) < 4.78 is 0. The summed E-state index contributed by atoms with van der Waals surface area (Å²) in [6.45, 7) is 7.24. The molecule has 0 aromatic rings. The fourth-order valence-corrected chi connectivity index (χ4v) is 1.52. The highest BCUT2D eigenvalue weighted by molar-refractivity contribution is 5.73. The van der Waals surface area contributed by atoms with E-state index >= 15 is 0 Å². The quantitative estimate of drug-likeness (QED) is 0.685. The lowest BCUT2D eigenvalue weighted by Crippen LogP contribution is -2.37. The van der Waals surface area contributed by atoms with Gasteiger partial charge in [-0.05, 0) is 45.1 Å². The summed E-state index contributed by atoms with van der Waals surface area (Å²) >= 11 is 0. The van der Waals surface area contributed by atoms with Gasteiger partial charge in [0, 0.05) is 6.54 Å². The lowest BCUT2D eigenvalue weighted by atomic mass is 9.93. The van der Waals surface area contributed by atoms with E-state index in [0.29, 0.717) is 12.5 Å². The van der Waals surface area contributed by atoms with Crippen LogP contribution in [-0.2, 0) is 4.79 Å². The number of hydrogen-bond donors (Lipinski definition) is 2. The monoisotopic (exact) mass is 199 g/mol. The Bertz CT molecular complexity index is 209. The minimum atomic E-state index is -0.732. The van der Waals surface area contributed by atoms with E-state index in [0.717, 1.165) is 12.5 Å². The highest BCUT2D eigenvalue weighted by Gasteiger charge is 2.29. The minimum absolute atomic E-state index is 0.555. The van der Waals surface area contributed by atoms with Crippen molar-refractivity contribution in [1.82, 2.24) is 5.32 Å². The van der Waals surface area contributed by atoms with E-state index < -0.39 is 11.4 Å². The second-order valence-electron chi connectivity index (χ2n) is 5.13. The summed E-state index contributed by atoms with van der Waals surface area (Å²) in [5.74, 6) is 0.846. The predicted octanol–water partition coefficient (Wildman–Crippen LogP) is 1.73. The number of aliphatic carboxylic acids is 1. The average molecular weight is 199 g/mol. The van der Waals surface area contributed by atoms with Crippen LogP contribution >= 0.6 is 0 Å². The number of nitrogens with one attached hydrogen (secondary N) is 1. The number of hydrogen-bond acceptors (Lipinski definition) is 2. The predicted molar refractivity (Wildman–Crippen MR) is 56.2 cm³/mol. The van der Waals surface area contributed by atoms with Crippen LogP contribution in [0.5, 0.6) is 0 Å². The molecule has 14 heavy (non-hydrogen) atoms. The van der Waals surface area contributed by atoms with E-state index in [1.165, 1.54) is 12.8 Å². The third kappa shape index (κ3) is 3.29. The van der Waals surface area contributed by atoms with Gasteiger partial charge in [0.15, 0.2) is 0 Å². The van der Waals surface area contributed by atoms with Crippen molar-refractivity contribution in [3.8, 4) is 0 Å². The topological polar surface area (TPSA) is 49.3 Å². The Hall–Kier alpha value is -0.570. The molecule has 0 saturated heterocycles. The third-order valence-corrected chi connectivity index (χ3v) is 3.04. The highest BCUT2D eigenvalue weighted by Crippen LogP contribution is 2.36. The average Bonchev–Trinajstić information content (AvgIpc) is 2.85. The van der Waals surface area contributed by atoms with Crippen molar-refractivity contribution in [2.45, 2.75) is 33.6 Å². The number of carboxylic acids is 1. The number of rotatable bonds is 6. The van der Waals surface area contributed by atoms with Gasteiger partial charge in [0.1, 0.15) is 0 Å². The first kappa shape index (κ1) is 11.5. The van der Waals surface area contributed by atoms with Gasteiger partial charge in [-0.15, -0.1) is 0 Å². The maximum absolute atomic E-state index is 10.8. The van der Waals surface area contributed by atoms with E-state index in [1.54, 1.807) is 13.8 Å². The molecule has 3 heteroatoms. The zero-order valence-corrected chi connectivity index (χ0v) is 9.34. The van der Waals surface area contributed by atoms with Gasteiger partial charge in [-0.2, -0.15) is 0 Å². The zero-order valence-electron chi connectivity index (χ0n) is 9.34. The Kier molecular flexibility index (Phi) is 3.53. The van der Waals surface area contributed by atoms with Crippen LogP contribution in [0.4, 0.5) is 0 Å². The van der Waals surface area contributed by atoms with Crippen LogP contribution in [0.25, 0.3) is 0 Å². The van der Waals surface area contributed by atoms with Crippen molar-refractivity contribution in [1.29, 1.82) is 0 Å². The van der Waals surface area contributed by atoms with Gasteiger partial charge in [-0.1, -0.05) is 6.92 Å². The fourth-order valence-electron chi connectivity index (χ4n) is 1.52. The van der Waals surface area contributed by atoms with E-state index in [9.17, 15) is 4.79 Å². The van der Waals surface area contributed by atoms with Gasteiger partial charge in [0.25, 0.3) is 0 Å². The molecule has 1 saturated carbocycles. The van der Waals surface area contributed by atoms with Crippen LogP contribution in [0.2, 0.25) is 0 Å². The molecule has 0 radical (unpaired) electrons. The van der Waals surface area contributed by atoms with E-state index in [2.05, 4.69) is 12.2 Å². The van der Waals surface area contributed by atoms with Crippen molar-refractivity contribution < 1.29 is 9.90 Å². The molecule has 1 atom stereocenters. The summed E-state index contributed by atoms with van der Waals surface area (Å²) in [5, 5.41) is 12.1. The molecule has 0 bridgehead atoms. The van der Waals surface area contributed by atoms with Crippen molar-refractivity contribution in [3.63, 3.8) is 0 Å². The first-order valence-electron chi connectivity index (χ1n) is 5.37. The molecule has 0 aliphatic heterocycles. The van der Waals surface area contributed by atoms with Crippen molar-refractivity contribution in [2.24, 2.45) is 17.3 Å². The third-order valence-electron chi connectivity index (χ3n) is 3.04. The Morgan fingerprint density at radius 3 is 2.57 bits per heavy atom. The molecule has 1 rings (SSSR count). The lowest BCUT2D eigenvalue weighted by Gasteiger charge is -2.21. The normalized spacial score (nSPS) is 19.4. The number of carbonyl (C=O) groups is 1. The Labute approximate surface area is 85.9 Å². The van der Waals surface area contributed by atoms with Crippen molar-refractivity contribution >= 4 is 5.97 Å². The van der Waals surface area contributed by atoms with E-state index in [4.69, 9.17) is 5.11 Å². The highest BCUT2D eigenvalue weighted by atomic mass is 16.4. The van der Waals surface area contributed by atoms with Gasteiger partial charge in [0.05, 0.1) is 5.41 Å². The molecule has 0 aromatic carbocycles. The minimum Gasteiger partial charge on any atom is -0.481 e. The summed E-state index contributed by atoms with van der Waals surface area (Å²) in [6.07, 6.45) is 2.70. The summed E-state index contributed by atoms with van der Waals surface area (Å²) in [7, 11) is 0. The summed E-state index contributed by atoms with van der Waals surface area (Å²) in [4.78, 5) is 10.8. The molecule has 1 aliphatic rings. The smallest absolute Gasteiger partial charge is 0.310 e. The molecule has 0 aromatic heterocycles. The van der Waals surface area contributed by atoms with Crippen LogP contribution in [0.15, 0.2) is 0 Å². The first-order chi connectivity index (χ1) is 6.43. The van der Waals surface area contributed by atoms with Crippen molar-refractivity contribution in [3.05, 3.63) is 0 Å². The van der Waals surface area contributed by atoms with Crippen LogP contribution in [-0.4, -0.2) is 24.2 Å². The maximum Gasteiger partial charge on any atom is 0.310 e. The molecule has 2 N–H and O–H groups in total. The number of carboxylic acid groups (broad SMARTS) is 1. The van der Waals surface area contributed by atoms with E-state index in [-0.39, 0.29) is 0 Å². The molecule has 1 aliphatic carbocycles. The van der Waals surface area contributed by atoms with Crippen molar-refractivity contribution in [2.75, 3.05) is 13.1 Å². The zero-order chi connectivity index (χ0) is 10.8. The van der Waals surface area contributed by atoms with Gasteiger partial charge in [-0.25, -0.2) is 0 Å². The fraction of sp³-hybridized carbons (Fsp3) is 0.909. The second kappa shape index (κ2) is 4.30. The van der Waals surface area contributed by atoms with Crippen LogP contribution in [0.1, 0.15) is 33.6 Å². The maximum atomic E-state index is 10.8. The van der Waals surface area contributed by atoms with Gasteiger partial charge in [0.2, 0.25) is 0 Å². The molecule has 1 fully saturated rings. The molecular weight excluding hydrogens is 178 g/mol. The van der Waals surface area contributed by atoms with Crippen LogP contribution < -0.4 is 5.32 Å². The molecule has 0 heterocycles. The van der Waals surface area contributed by atoms with Gasteiger partial charge >= 0.3 is 5.97 Å². The second-order valence-corrected chi connectivity index (χ2v) is 5.13. The SMILES string of the molecule is CC(CNCC(C)(C)C(=O)O)C1CC1. The van der Waals surface area contributed by atoms with Crippen LogP contribution in [0, 0.1) is 17.3 Å². The Balaban J connectivity index is 2.16. The first-order valence-corrected chi connectivity index (χ1v) is 5.37.